The van der Waals surface area contributed by atoms with E-state index in [1.165, 1.54) is 0 Å². The van der Waals surface area contributed by atoms with Gasteiger partial charge in [-0.15, -0.1) is 0 Å². The molecule has 0 saturated heterocycles. The smallest absolute Gasteiger partial charge is 0.181 e. The maximum absolute atomic E-state index is 11.2. The van der Waals surface area contributed by atoms with E-state index in [9.17, 15) is 9.59 Å². The van der Waals surface area contributed by atoms with Gasteiger partial charge in [0.1, 0.15) is 11.4 Å². The molecule has 0 fully saturated rings. The van der Waals surface area contributed by atoms with Crippen molar-refractivity contribution in [2.24, 2.45) is 0 Å². The van der Waals surface area contributed by atoms with Gasteiger partial charge in [-0.05, 0) is 18.1 Å². The van der Waals surface area contributed by atoms with Crippen LogP contribution in [0.2, 0.25) is 0 Å². The molecular formula is C9H7NO2. The Hall–Kier alpha value is -1.51. The van der Waals surface area contributed by atoms with Gasteiger partial charge in [-0.1, -0.05) is 6.07 Å². The third kappa shape index (κ3) is 0.942. The first-order chi connectivity index (χ1) is 5.81. The van der Waals surface area contributed by atoms with E-state index in [0.29, 0.717) is 24.1 Å². The van der Waals surface area contributed by atoms with Crippen molar-refractivity contribution in [3.63, 3.8) is 0 Å². The summed E-state index contributed by atoms with van der Waals surface area (Å²) in [6.45, 7) is 0. The molecule has 3 nitrogen and oxygen atoms in total. The number of hydrogen-bond acceptors (Lipinski definition) is 3. The minimum absolute atomic E-state index is 0.0497. The van der Waals surface area contributed by atoms with Gasteiger partial charge >= 0.3 is 0 Å². The molecule has 2 rings (SSSR count). The van der Waals surface area contributed by atoms with Crippen molar-refractivity contribution in [3.8, 4) is 0 Å². The van der Waals surface area contributed by atoms with Crippen molar-refractivity contribution in [2.75, 3.05) is 0 Å². The van der Waals surface area contributed by atoms with E-state index >= 15 is 0 Å². The van der Waals surface area contributed by atoms with Gasteiger partial charge in [-0.25, -0.2) is 4.98 Å². The number of fused-ring (bicyclic) bond motifs is 1. The van der Waals surface area contributed by atoms with Crippen molar-refractivity contribution in [1.29, 1.82) is 0 Å². The zero-order chi connectivity index (χ0) is 8.55. The Morgan fingerprint density at radius 3 is 2.92 bits per heavy atom. The van der Waals surface area contributed by atoms with Crippen LogP contribution in [-0.4, -0.2) is 17.1 Å². The lowest BCUT2D eigenvalue weighted by Gasteiger charge is -1.95. The van der Waals surface area contributed by atoms with Crippen LogP contribution in [0.1, 0.15) is 33.0 Å². The lowest BCUT2D eigenvalue weighted by molar-refractivity contribution is 0.0990. The Morgan fingerprint density at radius 2 is 2.17 bits per heavy atom. The van der Waals surface area contributed by atoms with E-state index in [4.69, 9.17) is 0 Å². The van der Waals surface area contributed by atoms with Gasteiger partial charge in [0.15, 0.2) is 12.1 Å². The van der Waals surface area contributed by atoms with Gasteiger partial charge in [-0.3, -0.25) is 9.59 Å². The molecule has 0 saturated carbocycles. The van der Waals surface area contributed by atoms with E-state index in [-0.39, 0.29) is 5.78 Å². The van der Waals surface area contributed by atoms with Crippen molar-refractivity contribution in [2.45, 2.75) is 12.8 Å². The SMILES string of the molecule is O=Cc1ccc2c(n1)C(=O)CC2. The Balaban J connectivity index is 2.57. The molecule has 0 spiro atoms. The van der Waals surface area contributed by atoms with Crippen LogP contribution < -0.4 is 0 Å². The normalized spacial score (nSPS) is 14.5. The highest BCUT2D eigenvalue weighted by Gasteiger charge is 2.20. The second-order valence-corrected chi connectivity index (χ2v) is 2.78. The summed E-state index contributed by atoms with van der Waals surface area (Å²) in [5.74, 6) is 0.0497. The van der Waals surface area contributed by atoms with Crippen LogP contribution >= 0.6 is 0 Å². The number of hydrogen-bond donors (Lipinski definition) is 0. The summed E-state index contributed by atoms with van der Waals surface area (Å²) in [6, 6.07) is 3.45. The van der Waals surface area contributed by atoms with E-state index in [2.05, 4.69) is 4.98 Å². The van der Waals surface area contributed by atoms with Crippen LogP contribution in [0.25, 0.3) is 0 Å². The van der Waals surface area contributed by atoms with Crippen LogP contribution in [0, 0.1) is 0 Å². The molecule has 0 atom stereocenters. The number of ketones is 1. The molecule has 0 N–H and O–H groups in total. The number of carbonyl (C=O) groups excluding carboxylic acids is 2. The predicted molar refractivity (Wildman–Crippen MR) is 42.3 cm³/mol. The number of aromatic nitrogens is 1. The van der Waals surface area contributed by atoms with Crippen LogP contribution in [-0.2, 0) is 6.42 Å². The maximum Gasteiger partial charge on any atom is 0.181 e. The standard InChI is InChI=1S/C9H7NO2/c11-5-7-3-1-6-2-4-8(12)9(6)10-7/h1,3,5H,2,4H2. The highest BCUT2D eigenvalue weighted by Crippen LogP contribution is 2.19. The molecule has 1 aromatic heterocycles. The van der Waals surface area contributed by atoms with E-state index in [0.717, 1.165) is 12.0 Å². The maximum atomic E-state index is 11.2. The van der Waals surface area contributed by atoms with Gasteiger partial charge < -0.3 is 0 Å². The summed E-state index contributed by atoms with van der Waals surface area (Å²) >= 11 is 0. The summed E-state index contributed by atoms with van der Waals surface area (Å²) in [7, 11) is 0. The summed E-state index contributed by atoms with van der Waals surface area (Å²) in [4.78, 5) is 25.4. The zero-order valence-electron chi connectivity index (χ0n) is 6.41. The molecule has 3 heteroatoms. The quantitative estimate of drug-likeness (QED) is 0.578. The lowest BCUT2D eigenvalue weighted by Crippen LogP contribution is -1.98. The number of carbonyl (C=O) groups is 2. The third-order valence-corrected chi connectivity index (χ3v) is 2.01. The number of aldehydes is 1. The number of aryl methyl sites for hydroxylation is 1. The number of Topliss-reactive ketones (excluding diaryl/α,β-unsaturated/α-hetero) is 1. The number of nitrogens with zero attached hydrogens (tertiary/aromatic N) is 1. The second kappa shape index (κ2) is 2.52. The molecule has 0 radical (unpaired) electrons. The molecule has 60 valence electrons. The lowest BCUT2D eigenvalue weighted by atomic mass is 10.2. The molecule has 0 unspecified atom stereocenters. The van der Waals surface area contributed by atoms with E-state index in [1.807, 2.05) is 0 Å². The van der Waals surface area contributed by atoms with Crippen molar-refractivity contribution in [1.82, 2.24) is 4.98 Å². The fraction of sp³-hybridized carbons (Fsp3) is 0.222. The summed E-state index contributed by atoms with van der Waals surface area (Å²) in [5, 5.41) is 0. The minimum Gasteiger partial charge on any atom is -0.296 e. The molecule has 12 heavy (non-hydrogen) atoms. The monoisotopic (exact) mass is 161 g/mol. The first-order valence-electron chi connectivity index (χ1n) is 3.79. The molecule has 1 aliphatic carbocycles. The molecule has 0 amide bonds. The highest BCUT2D eigenvalue weighted by molar-refractivity contribution is 5.99. The fourth-order valence-electron chi connectivity index (χ4n) is 1.38. The van der Waals surface area contributed by atoms with E-state index < -0.39 is 0 Å². The molecule has 0 aromatic carbocycles. The highest BCUT2D eigenvalue weighted by atomic mass is 16.1. The molecular weight excluding hydrogens is 154 g/mol. The van der Waals surface area contributed by atoms with E-state index in [1.54, 1.807) is 12.1 Å². The van der Waals surface area contributed by atoms with Crippen molar-refractivity contribution < 1.29 is 9.59 Å². The first kappa shape index (κ1) is 7.16. The van der Waals surface area contributed by atoms with Crippen LogP contribution in [0.3, 0.4) is 0 Å². The summed E-state index contributed by atoms with van der Waals surface area (Å²) < 4.78 is 0. The van der Waals surface area contributed by atoms with Gasteiger partial charge in [0.05, 0.1) is 0 Å². The second-order valence-electron chi connectivity index (χ2n) is 2.78. The Kier molecular flexibility index (Phi) is 1.50. The fourth-order valence-corrected chi connectivity index (χ4v) is 1.38. The van der Waals surface area contributed by atoms with Crippen LogP contribution in [0.15, 0.2) is 12.1 Å². The predicted octanol–water partition coefficient (Wildman–Crippen LogP) is 1.02. The average Bonchev–Trinajstić information content (AvgIpc) is 2.47. The first-order valence-corrected chi connectivity index (χ1v) is 3.79. The minimum atomic E-state index is 0.0497. The topological polar surface area (TPSA) is 47.0 Å². The largest absolute Gasteiger partial charge is 0.296 e. The van der Waals surface area contributed by atoms with Gasteiger partial charge in [0.2, 0.25) is 0 Å². The van der Waals surface area contributed by atoms with Crippen molar-refractivity contribution >= 4 is 12.1 Å². The summed E-state index contributed by atoms with van der Waals surface area (Å²) in [6.07, 6.45) is 1.96. The van der Waals surface area contributed by atoms with Crippen LogP contribution in [0.5, 0.6) is 0 Å². The van der Waals surface area contributed by atoms with Gasteiger partial charge in [0.25, 0.3) is 0 Å². The molecule has 1 aromatic rings. The molecule has 1 heterocycles. The van der Waals surface area contributed by atoms with Gasteiger partial charge in [0, 0.05) is 6.42 Å². The molecule has 0 aliphatic heterocycles. The molecule has 0 bridgehead atoms. The number of pyridine rings is 1. The molecule has 1 aliphatic rings. The third-order valence-electron chi connectivity index (χ3n) is 2.01. The van der Waals surface area contributed by atoms with Crippen molar-refractivity contribution in [3.05, 3.63) is 29.1 Å². The Morgan fingerprint density at radius 1 is 1.33 bits per heavy atom. The number of rotatable bonds is 1. The van der Waals surface area contributed by atoms with Gasteiger partial charge in [-0.2, -0.15) is 0 Å². The van der Waals surface area contributed by atoms with Crippen LogP contribution in [0.4, 0.5) is 0 Å². The zero-order valence-corrected chi connectivity index (χ0v) is 6.41. The Labute approximate surface area is 69.4 Å². The average molecular weight is 161 g/mol. The summed E-state index contributed by atoms with van der Waals surface area (Å²) in [5.41, 5.74) is 1.79. The Bertz CT molecular complexity index is 358.